The maximum Gasteiger partial charge on any atom is -0.00264 e. The first-order chi connectivity index (χ1) is 30.8. The fraction of sp³-hybridized carbons (Fsp3) is 0. The lowest BCUT2D eigenvalue weighted by Crippen LogP contribution is -1.95. The molecule has 0 radical (unpaired) electrons. The topological polar surface area (TPSA) is 0 Å². The van der Waals surface area contributed by atoms with Crippen molar-refractivity contribution in [3.8, 4) is 66.8 Å². The highest BCUT2D eigenvalue weighted by atomic mass is 14.2. The third-order valence-corrected chi connectivity index (χ3v) is 12.9. The quantitative estimate of drug-likeness (QED) is 0.158. The summed E-state index contributed by atoms with van der Waals surface area (Å²) in [6.45, 7) is 0. The zero-order chi connectivity index (χ0) is 41.0. The summed E-state index contributed by atoms with van der Waals surface area (Å²) in [6, 6.07) is 89.4. The number of hydrogen-bond donors (Lipinski definition) is 0. The van der Waals surface area contributed by atoms with E-state index in [-0.39, 0.29) is 0 Å². The van der Waals surface area contributed by atoms with E-state index < -0.39 is 0 Å². The molecule has 12 aromatic rings. The highest BCUT2D eigenvalue weighted by molar-refractivity contribution is 6.18. The van der Waals surface area contributed by atoms with E-state index in [1.165, 1.54) is 121 Å². The Morgan fingerprint density at radius 3 is 0.806 bits per heavy atom. The molecule has 288 valence electrons. The van der Waals surface area contributed by atoms with Gasteiger partial charge in [-0.05, 0) is 121 Å². The highest BCUT2D eigenvalue weighted by Crippen LogP contribution is 2.49. The van der Waals surface area contributed by atoms with Gasteiger partial charge in [-0.1, -0.05) is 243 Å². The standard InChI is InChI=1S/C62H40/c1-3-19-43(20-4-1)61-57(55-35-33-53(49-27-11-13-29-51(49)55)47-31-15-23-41-17-7-9-25-45(41)47)37-40-60-59(61)39-38-58(62(60)44-21-5-2-6-22-44)56-36-34-54(50-28-12-14-30-52(50)56)48-32-16-24-42-18-8-10-26-46(42)48/h1-40H. The minimum absolute atomic E-state index is 1.20. The maximum atomic E-state index is 2.38. The van der Waals surface area contributed by atoms with E-state index in [0.717, 1.165) is 0 Å². The Morgan fingerprint density at radius 1 is 0.145 bits per heavy atom. The summed E-state index contributed by atoms with van der Waals surface area (Å²) in [5.41, 5.74) is 14.8. The van der Waals surface area contributed by atoms with Crippen LogP contribution in [-0.4, -0.2) is 0 Å². The molecule has 12 rings (SSSR count). The SMILES string of the molecule is c1ccc(-c2c(-c3ccc(-c4cccc5ccccc45)c4ccccc34)ccc3c(-c4ccccc4)c(-c4ccc(-c5cccc6ccccc56)c5ccccc45)ccc23)cc1. The molecule has 0 saturated heterocycles. The molecule has 0 aliphatic heterocycles. The fourth-order valence-electron chi connectivity index (χ4n) is 10.1. The van der Waals surface area contributed by atoms with Crippen molar-refractivity contribution in [2.45, 2.75) is 0 Å². The van der Waals surface area contributed by atoms with Crippen molar-refractivity contribution in [2.75, 3.05) is 0 Å². The predicted molar refractivity (Wildman–Crippen MR) is 267 cm³/mol. The van der Waals surface area contributed by atoms with Gasteiger partial charge in [0, 0.05) is 0 Å². The monoisotopic (exact) mass is 784 g/mol. The molecule has 0 aromatic heterocycles. The summed E-state index contributed by atoms with van der Waals surface area (Å²) >= 11 is 0. The molecule has 12 aromatic carbocycles. The van der Waals surface area contributed by atoms with Crippen LogP contribution in [0.2, 0.25) is 0 Å². The van der Waals surface area contributed by atoms with Crippen LogP contribution in [0.25, 0.3) is 121 Å². The lowest BCUT2D eigenvalue weighted by atomic mass is 9.82. The highest BCUT2D eigenvalue weighted by Gasteiger charge is 2.21. The van der Waals surface area contributed by atoms with Gasteiger partial charge in [-0.3, -0.25) is 0 Å². The molecule has 0 atom stereocenters. The third kappa shape index (κ3) is 5.84. The second-order valence-corrected chi connectivity index (χ2v) is 16.3. The van der Waals surface area contributed by atoms with Crippen LogP contribution in [0.3, 0.4) is 0 Å². The smallest absolute Gasteiger partial charge is 0.00264 e. The molecule has 0 nitrogen and oxygen atoms in total. The van der Waals surface area contributed by atoms with Crippen molar-refractivity contribution in [3.63, 3.8) is 0 Å². The first-order valence-electron chi connectivity index (χ1n) is 21.5. The Morgan fingerprint density at radius 2 is 0.419 bits per heavy atom. The van der Waals surface area contributed by atoms with Crippen LogP contribution in [0.1, 0.15) is 0 Å². The minimum Gasteiger partial charge on any atom is -0.0622 e. The molecule has 0 heteroatoms. The number of fused-ring (bicyclic) bond motifs is 5. The van der Waals surface area contributed by atoms with E-state index in [1.807, 2.05) is 0 Å². The van der Waals surface area contributed by atoms with Gasteiger partial charge in [0.25, 0.3) is 0 Å². The average Bonchev–Trinajstić information content (AvgIpc) is 3.35. The summed E-state index contributed by atoms with van der Waals surface area (Å²) in [6.07, 6.45) is 0. The first kappa shape index (κ1) is 35.8. The normalized spacial score (nSPS) is 11.5. The van der Waals surface area contributed by atoms with Crippen molar-refractivity contribution in [3.05, 3.63) is 243 Å². The van der Waals surface area contributed by atoms with Crippen LogP contribution < -0.4 is 0 Å². The van der Waals surface area contributed by atoms with Crippen LogP contribution in [0.5, 0.6) is 0 Å². The van der Waals surface area contributed by atoms with Gasteiger partial charge in [-0.15, -0.1) is 0 Å². The number of benzene rings is 12. The van der Waals surface area contributed by atoms with Gasteiger partial charge in [-0.2, -0.15) is 0 Å². The zero-order valence-electron chi connectivity index (χ0n) is 34.1. The molecule has 0 N–H and O–H groups in total. The van der Waals surface area contributed by atoms with Gasteiger partial charge in [0.05, 0.1) is 0 Å². The van der Waals surface area contributed by atoms with Crippen LogP contribution in [0.15, 0.2) is 243 Å². The molecule has 0 amide bonds. The van der Waals surface area contributed by atoms with Gasteiger partial charge in [-0.25, -0.2) is 0 Å². The molecule has 0 fully saturated rings. The third-order valence-electron chi connectivity index (χ3n) is 12.9. The summed E-state index contributed by atoms with van der Waals surface area (Å²) < 4.78 is 0. The van der Waals surface area contributed by atoms with E-state index in [9.17, 15) is 0 Å². The van der Waals surface area contributed by atoms with Gasteiger partial charge in [0.2, 0.25) is 0 Å². The molecule has 62 heavy (non-hydrogen) atoms. The number of rotatable bonds is 6. The first-order valence-corrected chi connectivity index (χ1v) is 21.5. The van der Waals surface area contributed by atoms with Crippen molar-refractivity contribution in [1.82, 2.24) is 0 Å². The lowest BCUT2D eigenvalue weighted by Gasteiger charge is -2.21. The summed E-state index contributed by atoms with van der Waals surface area (Å²) in [7, 11) is 0. The molecular weight excluding hydrogens is 745 g/mol. The Labute approximate surface area is 361 Å². The molecule has 0 aliphatic rings. The Balaban J connectivity index is 1.11. The molecule has 0 aliphatic carbocycles. The van der Waals surface area contributed by atoms with Crippen molar-refractivity contribution in [2.24, 2.45) is 0 Å². The second kappa shape index (κ2) is 14.9. The van der Waals surface area contributed by atoms with Crippen LogP contribution >= 0.6 is 0 Å². The van der Waals surface area contributed by atoms with Crippen molar-refractivity contribution < 1.29 is 0 Å². The molecular formula is C62H40. The molecule has 0 heterocycles. The van der Waals surface area contributed by atoms with Crippen molar-refractivity contribution in [1.29, 1.82) is 0 Å². The Bertz CT molecular complexity index is 3420. The molecule has 0 spiro atoms. The van der Waals surface area contributed by atoms with Crippen LogP contribution in [-0.2, 0) is 0 Å². The molecule has 0 bridgehead atoms. The second-order valence-electron chi connectivity index (χ2n) is 16.3. The molecule has 0 unspecified atom stereocenters. The minimum atomic E-state index is 1.20. The Kier molecular flexibility index (Phi) is 8.61. The van der Waals surface area contributed by atoms with E-state index >= 15 is 0 Å². The van der Waals surface area contributed by atoms with Crippen LogP contribution in [0, 0.1) is 0 Å². The lowest BCUT2D eigenvalue weighted by molar-refractivity contribution is 1.60. The molecule has 0 saturated carbocycles. The van der Waals surface area contributed by atoms with Gasteiger partial charge < -0.3 is 0 Å². The summed E-state index contributed by atoms with van der Waals surface area (Å²) in [4.78, 5) is 0. The van der Waals surface area contributed by atoms with E-state index in [2.05, 4.69) is 243 Å². The van der Waals surface area contributed by atoms with Gasteiger partial charge >= 0.3 is 0 Å². The fourth-order valence-corrected chi connectivity index (χ4v) is 10.1. The van der Waals surface area contributed by atoms with E-state index in [1.54, 1.807) is 0 Å². The van der Waals surface area contributed by atoms with E-state index in [0.29, 0.717) is 0 Å². The number of hydrogen-bond acceptors (Lipinski definition) is 0. The van der Waals surface area contributed by atoms with Gasteiger partial charge in [0.15, 0.2) is 0 Å². The van der Waals surface area contributed by atoms with Crippen LogP contribution in [0.4, 0.5) is 0 Å². The largest absolute Gasteiger partial charge is 0.0622 e. The predicted octanol–water partition coefficient (Wildman–Crippen LogP) is 17.5. The zero-order valence-corrected chi connectivity index (χ0v) is 34.1. The van der Waals surface area contributed by atoms with Gasteiger partial charge in [0.1, 0.15) is 0 Å². The summed E-state index contributed by atoms with van der Waals surface area (Å²) in [5, 5.41) is 12.5. The Hall–Kier alpha value is -8.06. The van der Waals surface area contributed by atoms with Crippen molar-refractivity contribution >= 4 is 53.9 Å². The average molecular weight is 785 g/mol. The summed E-state index contributed by atoms with van der Waals surface area (Å²) in [5.74, 6) is 0. The van der Waals surface area contributed by atoms with E-state index in [4.69, 9.17) is 0 Å². The maximum absolute atomic E-state index is 2.38.